The van der Waals surface area contributed by atoms with Crippen LogP contribution in [0.15, 0.2) is 27.9 Å². The minimum Gasteiger partial charge on any atom is -0.383 e. The summed E-state index contributed by atoms with van der Waals surface area (Å²) < 4.78 is 0.904. The van der Waals surface area contributed by atoms with E-state index in [1.807, 2.05) is 6.07 Å². The van der Waals surface area contributed by atoms with Crippen molar-refractivity contribution in [3.63, 3.8) is 0 Å². The summed E-state index contributed by atoms with van der Waals surface area (Å²) in [5, 5.41) is 0. The number of nitrogens with zero attached hydrogens (tertiary/aromatic N) is 2. The van der Waals surface area contributed by atoms with E-state index in [0.29, 0.717) is 5.84 Å². The van der Waals surface area contributed by atoms with Gasteiger partial charge in [0.2, 0.25) is 0 Å². The van der Waals surface area contributed by atoms with Gasteiger partial charge in [-0.3, -0.25) is 9.98 Å². The SMILES string of the molecule is CN=C(N)c1cncc(Br)c1. The van der Waals surface area contributed by atoms with Gasteiger partial charge in [0, 0.05) is 29.5 Å². The second-order valence-electron chi connectivity index (χ2n) is 2.00. The molecule has 1 aromatic rings. The molecule has 0 spiro atoms. The van der Waals surface area contributed by atoms with Crippen LogP contribution in [0.2, 0.25) is 0 Å². The van der Waals surface area contributed by atoms with Crippen LogP contribution in [0, 0.1) is 0 Å². The molecule has 2 N–H and O–H groups in total. The Kier molecular flexibility index (Phi) is 2.59. The summed E-state index contributed by atoms with van der Waals surface area (Å²) >= 11 is 3.29. The first-order valence-electron chi connectivity index (χ1n) is 3.07. The molecule has 0 saturated carbocycles. The average Bonchev–Trinajstić information content (AvgIpc) is 2.03. The van der Waals surface area contributed by atoms with Gasteiger partial charge in [-0.25, -0.2) is 0 Å². The third-order valence-electron chi connectivity index (χ3n) is 1.24. The van der Waals surface area contributed by atoms with E-state index in [1.165, 1.54) is 0 Å². The van der Waals surface area contributed by atoms with Crippen molar-refractivity contribution >= 4 is 21.8 Å². The number of aliphatic imine (C=N–C) groups is 1. The highest BCUT2D eigenvalue weighted by Crippen LogP contribution is 2.08. The van der Waals surface area contributed by atoms with E-state index >= 15 is 0 Å². The molecule has 1 heterocycles. The van der Waals surface area contributed by atoms with Crippen LogP contribution in [0.3, 0.4) is 0 Å². The molecule has 11 heavy (non-hydrogen) atoms. The fourth-order valence-electron chi connectivity index (χ4n) is 0.681. The van der Waals surface area contributed by atoms with Crippen LogP contribution in [0.5, 0.6) is 0 Å². The van der Waals surface area contributed by atoms with E-state index in [9.17, 15) is 0 Å². The molecule has 0 saturated heterocycles. The fourth-order valence-corrected chi connectivity index (χ4v) is 1.05. The third-order valence-corrected chi connectivity index (χ3v) is 1.68. The Morgan fingerprint density at radius 2 is 2.36 bits per heavy atom. The number of aromatic nitrogens is 1. The normalized spacial score (nSPS) is 11.6. The van der Waals surface area contributed by atoms with Gasteiger partial charge in [0.25, 0.3) is 0 Å². The van der Waals surface area contributed by atoms with Crippen LogP contribution in [0.4, 0.5) is 0 Å². The molecule has 0 unspecified atom stereocenters. The van der Waals surface area contributed by atoms with Crippen LogP contribution in [0.1, 0.15) is 5.56 Å². The molecule has 0 aliphatic carbocycles. The lowest BCUT2D eigenvalue weighted by molar-refractivity contribution is 1.28. The molecular weight excluding hydrogens is 206 g/mol. The second-order valence-corrected chi connectivity index (χ2v) is 2.92. The number of hydrogen-bond acceptors (Lipinski definition) is 2. The van der Waals surface area contributed by atoms with Crippen molar-refractivity contribution in [1.29, 1.82) is 0 Å². The highest BCUT2D eigenvalue weighted by atomic mass is 79.9. The van der Waals surface area contributed by atoms with Crippen LogP contribution >= 0.6 is 15.9 Å². The molecule has 0 aliphatic heterocycles. The number of halogens is 1. The van der Waals surface area contributed by atoms with Gasteiger partial charge in [-0.05, 0) is 22.0 Å². The second kappa shape index (κ2) is 3.48. The van der Waals surface area contributed by atoms with E-state index in [-0.39, 0.29) is 0 Å². The summed E-state index contributed by atoms with van der Waals surface area (Å²) in [4.78, 5) is 7.78. The van der Waals surface area contributed by atoms with E-state index in [1.54, 1.807) is 19.4 Å². The van der Waals surface area contributed by atoms with Gasteiger partial charge >= 0.3 is 0 Å². The quantitative estimate of drug-likeness (QED) is 0.563. The molecule has 4 heteroatoms. The maximum Gasteiger partial charge on any atom is 0.126 e. The summed E-state index contributed by atoms with van der Waals surface area (Å²) in [6.45, 7) is 0. The number of nitrogens with two attached hydrogens (primary N) is 1. The van der Waals surface area contributed by atoms with Crippen LogP contribution in [-0.2, 0) is 0 Å². The third kappa shape index (κ3) is 2.01. The first-order chi connectivity index (χ1) is 5.24. The summed E-state index contributed by atoms with van der Waals surface area (Å²) in [5.74, 6) is 0.499. The summed E-state index contributed by atoms with van der Waals surface area (Å²) in [5.41, 5.74) is 6.39. The Hall–Kier alpha value is -0.900. The zero-order valence-electron chi connectivity index (χ0n) is 6.08. The summed E-state index contributed by atoms with van der Waals surface area (Å²) in [6.07, 6.45) is 3.37. The van der Waals surface area contributed by atoms with Crippen molar-refractivity contribution in [3.05, 3.63) is 28.5 Å². The minimum absolute atomic E-state index is 0.499. The molecule has 0 radical (unpaired) electrons. The molecule has 0 atom stereocenters. The lowest BCUT2D eigenvalue weighted by Crippen LogP contribution is -2.12. The Labute approximate surface area is 73.5 Å². The van der Waals surface area contributed by atoms with Gasteiger partial charge < -0.3 is 5.73 Å². The molecular formula is C7H8BrN3. The Bertz CT molecular complexity index is 283. The predicted molar refractivity (Wildman–Crippen MR) is 48.6 cm³/mol. The molecule has 0 aliphatic rings. The molecule has 0 bridgehead atoms. The van der Waals surface area contributed by atoms with Crippen LogP contribution in [0.25, 0.3) is 0 Å². The van der Waals surface area contributed by atoms with Gasteiger partial charge in [-0.15, -0.1) is 0 Å². The lowest BCUT2D eigenvalue weighted by atomic mass is 10.3. The van der Waals surface area contributed by atoms with E-state index in [2.05, 4.69) is 25.9 Å². The molecule has 1 aromatic heterocycles. The van der Waals surface area contributed by atoms with Crippen LogP contribution in [-0.4, -0.2) is 17.9 Å². The van der Waals surface area contributed by atoms with Crippen molar-refractivity contribution in [2.75, 3.05) is 7.05 Å². The van der Waals surface area contributed by atoms with Gasteiger partial charge in [-0.1, -0.05) is 0 Å². The smallest absolute Gasteiger partial charge is 0.126 e. The fraction of sp³-hybridized carbons (Fsp3) is 0.143. The van der Waals surface area contributed by atoms with E-state index < -0.39 is 0 Å². The lowest BCUT2D eigenvalue weighted by Gasteiger charge is -1.97. The Balaban J connectivity index is 3.06. The Morgan fingerprint density at radius 1 is 1.64 bits per heavy atom. The number of pyridine rings is 1. The van der Waals surface area contributed by atoms with Gasteiger partial charge in [0.05, 0.1) is 0 Å². The maximum atomic E-state index is 5.55. The standard InChI is InChI=1S/C7H8BrN3/c1-10-7(9)5-2-6(8)4-11-3-5/h2-4H,1H3,(H2,9,10). The summed E-state index contributed by atoms with van der Waals surface area (Å²) in [7, 11) is 1.65. The zero-order valence-corrected chi connectivity index (χ0v) is 7.67. The van der Waals surface area contributed by atoms with Crippen molar-refractivity contribution in [2.24, 2.45) is 10.7 Å². The number of rotatable bonds is 1. The van der Waals surface area contributed by atoms with Crippen molar-refractivity contribution < 1.29 is 0 Å². The first-order valence-corrected chi connectivity index (χ1v) is 3.86. The molecule has 0 fully saturated rings. The first kappa shape index (κ1) is 8.20. The van der Waals surface area contributed by atoms with Crippen molar-refractivity contribution in [2.45, 2.75) is 0 Å². The van der Waals surface area contributed by atoms with Gasteiger partial charge in [0.1, 0.15) is 5.84 Å². The summed E-state index contributed by atoms with van der Waals surface area (Å²) in [6, 6.07) is 1.87. The maximum absolute atomic E-state index is 5.55. The molecule has 3 nitrogen and oxygen atoms in total. The zero-order chi connectivity index (χ0) is 8.27. The number of amidine groups is 1. The molecule has 1 rings (SSSR count). The van der Waals surface area contributed by atoms with E-state index in [4.69, 9.17) is 5.73 Å². The predicted octanol–water partition coefficient (Wildman–Crippen LogP) is 1.18. The van der Waals surface area contributed by atoms with Crippen molar-refractivity contribution in [3.8, 4) is 0 Å². The van der Waals surface area contributed by atoms with Gasteiger partial charge in [0.15, 0.2) is 0 Å². The monoisotopic (exact) mass is 213 g/mol. The highest BCUT2D eigenvalue weighted by Gasteiger charge is 1.96. The topological polar surface area (TPSA) is 51.3 Å². The average molecular weight is 214 g/mol. The molecule has 0 amide bonds. The van der Waals surface area contributed by atoms with E-state index in [0.717, 1.165) is 10.0 Å². The Morgan fingerprint density at radius 3 is 2.91 bits per heavy atom. The molecule has 58 valence electrons. The van der Waals surface area contributed by atoms with Crippen molar-refractivity contribution in [1.82, 2.24) is 4.98 Å². The van der Waals surface area contributed by atoms with Gasteiger partial charge in [-0.2, -0.15) is 0 Å². The largest absolute Gasteiger partial charge is 0.383 e. The number of hydrogen-bond donors (Lipinski definition) is 1. The highest BCUT2D eigenvalue weighted by molar-refractivity contribution is 9.10. The van der Waals surface area contributed by atoms with Crippen LogP contribution < -0.4 is 5.73 Å². The minimum atomic E-state index is 0.499. The molecule has 0 aromatic carbocycles.